The Morgan fingerprint density at radius 3 is 2.43 bits per heavy atom. The zero-order chi connectivity index (χ0) is 15.8. The summed E-state index contributed by atoms with van der Waals surface area (Å²) in [6.45, 7) is 14.3. The smallest absolute Gasteiger partial charge is 0.241 e. The molecule has 124 valence electrons. The van der Waals surface area contributed by atoms with Crippen LogP contribution in [-0.2, 0) is 4.79 Å². The first-order chi connectivity index (χ1) is 10.1. The van der Waals surface area contributed by atoms with E-state index in [-0.39, 0.29) is 12.2 Å². The molecule has 0 aromatic heterocycles. The van der Waals surface area contributed by atoms with Crippen molar-refractivity contribution in [2.24, 2.45) is 0 Å². The molecule has 0 bridgehead atoms. The lowest BCUT2D eigenvalue weighted by atomic mass is 10.1. The van der Waals surface area contributed by atoms with Crippen LogP contribution in [-0.4, -0.2) is 53.6 Å². The van der Waals surface area contributed by atoms with Gasteiger partial charge in [0, 0.05) is 6.04 Å². The van der Waals surface area contributed by atoms with E-state index in [1.54, 1.807) is 0 Å². The second-order valence-electron chi connectivity index (χ2n) is 6.20. The molecule has 1 aliphatic heterocycles. The van der Waals surface area contributed by atoms with Gasteiger partial charge in [0.05, 0.1) is 12.2 Å². The van der Waals surface area contributed by atoms with Gasteiger partial charge in [-0.05, 0) is 52.2 Å². The average molecular weight is 297 g/mol. The van der Waals surface area contributed by atoms with Crippen LogP contribution in [0.1, 0.15) is 66.7 Å². The van der Waals surface area contributed by atoms with Crippen LogP contribution < -0.4 is 5.32 Å². The fraction of sp³-hybridized carbons (Fsp3) is 0.941. The van der Waals surface area contributed by atoms with Crippen molar-refractivity contribution in [1.82, 2.24) is 15.1 Å². The Morgan fingerprint density at radius 2 is 1.90 bits per heavy atom. The SMILES string of the molecule is CCCC1NC(CC)N(C(C)CCCN(CC)CC)C1=O. The van der Waals surface area contributed by atoms with Gasteiger partial charge in [-0.3, -0.25) is 10.1 Å². The van der Waals surface area contributed by atoms with Gasteiger partial charge in [-0.25, -0.2) is 0 Å². The number of amides is 1. The average Bonchev–Trinajstić information content (AvgIpc) is 2.80. The molecule has 1 rings (SSSR count). The van der Waals surface area contributed by atoms with Crippen molar-refractivity contribution >= 4 is 5.91 Å². The minimum Gasteiger partial charge on any atom is -0.323 e. The van der Waals surface area contributed by atoms with Gasteiger partial charge in [-0.1, -0.05) is 34.1 Å². The molecule has 3 unspecified atom stereocenters. The highest BCUT2D eigenvalue weighted by atomic mass is 16.2. The van der Waals surface area contributed by atoms with E-state index in [4.69, 9.17) is 0 Å². The highest BCUT2D eigenvalue weighted by molar-refractivity contribution is 5.84. The van der Waals surface area contributed by atoms with Crippen molar-refractivity contribution in [3.05, 3.63) is 0 Å². The number of rotatable bonds is 10. The van der Waals surface area contributed by atoms with Crippen LogP contribution in [0.2, 0.25) is 0 Å². The Balaban J connectivity index is 2.50. The van der Waals surface area contributed by atoms with Gasteiger partial charge in [0.15, 0.2) is 0 Å². The normalized spacial score (nSPS) is 24.1. The van der Waals surface area contributed by atoms with Crippen molar-refractivity contribution in [2.75, 3.05) is 19.6 Å². The molecule has 1 aliphatic rings. The van der Waals surface area contributed by atoms with Crippen LogP contribution >= 0.6 is 0 Å². The van der Waals surface area contributed by atoms with Crippen LogP contribution in [0.25, 0.3) is 0 Å². The lowest BCUT2D eigenvalue weighted by Gasteiger charge is -2.30. The molecule has 21 heavy (non-hydrogen) atoms. The van der Waals surface area contributed by atoms with Gasteiger partial charge in [-0.15, -0.1) is 0 Å². The first kappa shape index (κ1) is 18.4. The van der Waals surface area contributed by atoms with Crippen molar-refractivity contribution in [3.8, 4) is 0 Å². The fourth-order valence-corrected chi connectivity index (χ4v) is 3.34. The standard InChI is InChI=1S/C17H35N3O/c1-6-11-15-17(21)20(16(7-2)18-15)14(5)12-10-13-19(8-3)9-4/h14-16,18H,6-13H2,1-5H3. The zero-order valence-corrected chi connectivity index (χ0v) is 14.7. The molecular formula is C17H35N3O. The third-order valence-corrected chi connectivity index (χ3v) is 4.71. The number of nitrogens with one attached hydrogen (secondary N) is 1. The van der Waals surface area contributed by atoms with Gasteiger partial charge in [-0.2, -0.15) is 0 Å². The second-order valence-corrected chi connectivity index (χ2v) is 6.20. The number of nitrogens with zero attached hydrogens (tertiary/aromatic N) is 2. The largest absolute Gasteiger partial charge is 0.323 e. The minimum absolute atomic E-state index is 0.0465. The van der Waals surface area contributed by atoms with Crippen LogP contribution in [0.4, 0.5) is 0 Å². The second kappa shape index (κ2) is 9.42. The predicted octanol–water partition coefficient (Wildman–Crippen LogP) is 2.83. The molecule has 0 radical (unpaired) electrons. The number of carbonyl (C=O) groups is 1. The Kier molecular flexibility index (Phi) is 8.27. The van der Waals surface area contributed by atoms with Gasteiger partial charge < -0.3 is 9.80 Å². The lowest BCUT2D eigenvalue weighted by molar-refractivity contribution is -0.132. The summed E-state index contributed by atoms with van der Waals surface area (Å²) < 4.78 is 0. The summed E-state index contributed by atoms with van der Waals surface area (Å²) in [7, 11) is 0. The summed E-state index contributed by atoms with van der Waals surface area (Å²) >= 11 is 0. The number of carbonyl (C=O) groups excluding carboxylic acids is 1. The highest BCUT2D eigenvalue weighted by Crippen LogP contribution is 2.21. The third kappa shape index (κ3) is 4.96. The summed E-state index contributed by atoms with van der Waals surface area (Å²) in [5, 5.41) is 3.51. The maximum atomic E-state index is 12.6. The highest BCUT2D eigenvalue weighted by Gasteiger charge is 2.39. The predicted molar refractivity (Wildman–Crippen MR) is 89.2 cm³/mol. The first-order valence-electron chi connectivity index (χ1n) is 8.89. The third-order valence-electron chi connectivity index (χ3n) is 4.71. The van der Waals surface area contributed by atoms with Crippen molar-refractivity contribution in [1.29, 1.82) is 0 Å². The molecule has 1 heterocycles. The molecule has 0 saturated carbocycles. The maximum absolute atomic E-state index is 12.6. The summed E-state index contributed by atoms with van der Waals surface area (Å²) in [5.74, 6) is 0.319. The minimum atomic E-state index is 0.0465. The van der Waals surface area contributed by atoms with E-state index in [2.05, 4.69) is 49.7 Å². The molecule has 4 nitrogen and oxygen atoms in total. The molecule has 0 aliphatic carbocycles. The number of hydrogen-bond donors (Lipinski definition) is 1. The van der Waals surface area contributed by atoms with Crippen LogP contribution in [0, 0.1) is 0 Å². The monoisotopic (exact) mass is 297 g/mol. The Bertz CT molecular complexity index is 304. The molecule has 0 spiro atoms. The Morgan fingerprint density at radius 1 is 1.24 bits per heavy atom. The van der Waals surface area contributed by atoms with Gasteiger partial charge >= 0.3 is 0 Å². The first-order valence-corrected chi connectivity index (χ1v) is 8.89. The summed E-state index contributed by atoms with van der Waals surface area (Å²) in [6, 6.07) is 0.387. The molecule has 0 aromatic rings. The molecule has 1 N–H and O–H groups in total. The quantitative estimate of drug-likeness (QED) is 0.673. The van der Waals surface area contributed by atoms with Crippen molar-refractivity contribution in [2.45, 2.75) is 85.0 Å². The van der Waals surface area contributed by atoms with E-state index in [1.165, 1.54) is 6.42 Å². The van der Waals surface area contributed by atoms with E-state index in [9.17, 15) is 4.79 Å². The van der Waals surface area contributed by atoms with Gasteiger partial charge in [0.25, 0.3) is 0 Å². The van der Waals surface area contributed by atoms with Crippen molar-refractivity contribution < 1.29 is 4.79 Å². The van der Waals surface area contributed by atoms with Crippen LogP contribution in [0.5, 0.6) is 0 Å². The summed E-state index contributed by atoms with van der Waals surface area (Å²) in [6.07, 6.45) is 5.51. The zero-order valence-electron chi connectivity index (χ0n) is 14.7. The fourth-order valence-electron chi connectivity index (χ4n) is 3.34. The van der Waals surface area contributed by atoms with Gasteiger partial charge in [0.1, 0.15) is 0 Å². The molecule has 0 aromatic carbocycles. The number of hydrogen-bond acceptors (Lipinski definition) is 3. The molecule has 3 atom stereocenters. The molecule has 1 saturated heterocycles. The lowest BCUT2D eigenvalue weighted by Crippen LogP contribution is -2.43. The van der Waals surface area contributed by atoms with Crippen LogP contribution in [0.3, 0.4) is 0 Å². The van der Waals surface area contributed by atoms with E-state index < -0.39 is 0 Å². The molecule has 1 fully saturated rings. The maximum Gasteiger partial charge on any atom is 0.241 e. The summed E-state index contributed by atoms with van der Waals surface area (Å²) in [5.41, 5.74) is 0. The van der Waals surface area contributed by atoms with E-state index in [0.29, 0.717) is 11.9 Å². The Labute approximate surface area is 131 Å². The topological polar surface area (TPSA) is 35.6 Å². The Hall–Kier alpha value is -0.610. The van der Waals surface area contributed by atoms with E-state index in [1.807, 2.05) is 0 Å². The van der Waals surface area contributed by atoms with Gasteiger partial charge in [0.2, 0.25) is 5.91 Å². The van der Waals surface area contributed by atoms with E-state index in [0.717, 1.165) is 45.3 Å². The molecule has 1 amide bonds. The van der Waals surface area contributed by atoms with E-state index >= 15 is 0 Å². The summed E-state index contributed by atoms with van der Waals surface area (Å²) in [4.78, 5) is 17.1. The van der Waals surface area contributed by atoms with Crippen LogP contribution in [0.15, 0.2) is 0 Å². The molecule has 4 heteroatoms. The molecular weight excluding hydrogens is 262 g/mol. The van der Waals surface area contributed by atoms with Crippen molar-refractivity contribution in [3.63, 3.8) is 0 Å².